The minimum absolute atomic E-state index is 0.0484. The summed E-state index contributed by atoms with van der Waals surface area (Å²) >= 11 is 5.89. The van der Waals surface area contributed by atoms with E-state index in [9.17, 15) is 18.3 Å². The van der Waals surface area contributed by atoms with E-state index < -0.39 is 17.3 Å². The van der Waals surface area contributed by atoms with Crippen molar-refractivity contribution < 1.29 is 23.0 Å². The summed E-state index contributed by atoms with van der Waals surface area (Å²) in [6.45, 7) is 1.43. The second-order valence-corrected chi connectivity index (χ2v) is 7.95. The third kappa shape index (κ3) is 5.15. The highest BCUT2D eigenvalue weighted by molar-refractivity contribution is 6.30. The molecule has 0 spiro atoms. The van der Waals surface area contributed by atoms with Gasteiger partial charge in [-0.1, -0.05) is 29.8 Å². The molecule has 0 amide bonds. The van der Waals surface area contributed by atoms with Crippen LogP contribution in [0.1, 0.15) is 18.1 Å². The Bertz CT molecular complexity index is 1240. The van der Waals surface area contributed by atoms with E-state index in [-0.39, 0.29) is 29.2 Å². The number of aliphatic hydroxyl groups is 1. The molecule has 0 aliphatic heterocycles. The van der Waals surface area contributed by atoms with Crippen molar-refractivity contribution in [3.63, 3.8) is 0 Å². The first kappa shape index (κ1) is 22.8. The molecule has 4 aromatic rings. The smallest absolute Gasteiger partial charge is 0.417 e. The third-order valence-corrected chi connectivity index (χ3v) is 5.16. The standard InChI is InChI=1S/C23H18ClF3N4O2/c1-22(32,12-31-14-28-13-29-31)19-10-11-20(33-16-8-6-15(24)7-9-16)30-21(19)17-4-2-3-5-18(17)23(25,26)27/h2-11,13-14,32H,12H2,1H3. The molecule has 0 saturated carbocycles. The van der Waals surface area contributed by atoms with E-state index in [1.807, 2.05) is 0 Å². The maximum absolute atomic E-state index is 13.8. The van der Waals surface area contributed by atoms with Gasteiger partial charge in [-0.05, 0) is 43.3 Å². The average molecular weight is 475 g/mol. The van der Waals surface area contributed by atoms with Crippen molar-refractivity contribution in [3.05, 3.63) is 89.5 Å². The second kappa shape index (κ2) is 8.84. The van der Waals surface area contributed by atoms with Crippen LogP contribution in [-0.4, -0.2) is 24.9 Å². The van der Waals surface area contributed by atoms with E-state index in [0.717, 1.165) is 6.07 Å². The first-order valence-corrected chi connectivity index (χ1v) is 10.2. The SMILES string of the molecule is CC(O)(Cn1cncn1)c1ccc(Oc2ccc(Cl)cc2)nc1-c1ccccc1C(F)(F)F. The molecule has 2 aromatic carbocycles. The van der Waals surface area contributed by atoms with Gasteiger partial charge in [-0.2, -0.15) is 18.3 Å². The highest BCUT2D eigenvalue weighted by Gasteiger charge is 2.36. The molecule has 0 radical (unpaired) electrons. The first-order valence-electron chi connectivity index (χ1n) is 9.80. The van der Waals surface area contributed by atoms with Gasteiger partial charge in [0.2, 0.25) is 5.88 Å². The van der Waals surface area contributed by atoms with Gasteiger partial charge in [0.05, 0.1) is 17.8 Å². The lowest BCUT2D eigenvalue weighted by Gasteiger charge is -2.27. The maximum atomic E-state index is 13.8. The summed E-state index contributed by atoms with van der Waals surface area (Å²) in [6, 6.07) is 14.5. The van der Waals surface area contributed by atoms with Crippen LogP contribution in [-0.2, 0) is 18.3 Å². The van der Waals surface area contributed by atoms with Crippen LogP contribution >= 0.6 is 11.6 Å². The molecule has 2 aromatic heterocycles. The molecule has 0 bridgehead atoms. The molecule has 1 unspecified atom stereocenters. The van der Waals surface area contributed by atoms with E-state index >= 15 is 0 Å². The Hall–Kier alpha value is -3.43. The van der Waals surface area contributed by atoms with Gasteiger partial charge in [0, 0.05) is 22.2 Å². The van der Waals surface area contributed by atoms with E-state index in [4.69, 9.17) is 16.3 Å². The fourth-order valence-corrected chi connectivity index (χ4v) is 3.54. The van der Waals surface area contributed by atoms with Crippen LogP contribution in [0, 0.1) is 0 Å². The van der Waals surface area contributed by atoms with Gasteiger partial charge in [-0.15, -0.1) is 0 Å². The van der Waals surface area contributed by atoms with Crippen molar-refractivity contribution in [1.29, 1.82) is 0 Å². The Labute approximate surface area is 192 Å². The Morgan fingerprint density at radius 1 is 1.00 bits per heavy atom. The molecule has 2 heterocycles. The van der Waals surface area contributed by atoms with Gasteiger partial charge < -0.3 is 9.84 Å². The van der Waals surface area contributed by atoms with Crippen molar-refractivity contribution in [2.75, 3.05) is 0 Å². The summed E-state index contributed by atoms with van der Waals surface area (Å²) in [6.07, 6.45) is -1.92. The van der Waals surface area contributed by atoms with Gasteiger partial charge in [-0.25, -0.2) is 14.6 Å². The molecule has 170 valence electrons. The molecule has 0 saturated heterocycles. The summed E-state index contributed by atoms with van der Waals surface area (Å²) in [7, 11) is 0. The van der Waals surface area contributed by atoms with Gasteiger partial charge >= 0.3 is 6.18 Å². The number of hydrogen-bond donors (Lipinski definition) is 1. The molecule has 4 rings (SSSR count). The van der Waals surface area contributed by atoms with Crippen molar-refractivity contribution in [3.8, 4) is 22.9 Å². The van der Waals surface area contributed by atoms with Gasteiger partial charge in [-0.3, -0.25) is 0 Å². The van der Waals surface area contributed by atoms with Crippen LogP contribution in [0.2, 0.25) is 5.02 Å². The molecular formula is C23H18ClF3N4O2. The Morgan fingerprint density at radius 2 is 1.73 bits per heavy atom. The lowest BCUT2D eigenvalue weighted by atomic mass is 9.90. The highest BCUT2D eigenvalue weighted by atomic mass is 35.5. The summed E-state index contributed by atoms with van der Waals surface area (Å²) in [4.78, 5) is 8.21. The summed E-state index contributed by atoms with van der Waals surface area (Å²) in [5.41, 5.74) is -2.55. The maximum Gasteiger partial charge on any atom is 0.417 e. The Kier molecular flexibility index (Phi) is 6.09. The lowest BCUT2D eigenvalue weighted by Crippen LogP contribution is -2.29. The molecule has 0 fully saturated rings. The van der Waals surface area contributed by atoms with E-state index in [0.29, 0.717) is 10.8 Å². The minimum Gasteiger partial charge on any atom is -0.439 e. The second-order valence-electron chi connectivity index (χ2n) is 7.51. The largest absolute Gasteiger partial charge is 0.439 e. The van der Waals surface area contributed by atoms with Crippen molar-refractivity contribution in [2.24, 2.45) is 0 Å². The lowest BCUT2D eigenvalue weighted by molar-refractivity contribution is -0.137. The molecule has 1 atom stereocenters. The summed E-state index contributed by atoms with van der Waals surface area (Å²) in [5, 5.41) is 15.7. The number of alkyl halides is 3. The van der Waals surface area contributed by atoms with Crippen LogP contribution in [0.4, 0.5) is 13.2 Å². The average Bonchev–Trinajstić information content (AvgIpc) is 3.27. The molecule has 0 aliphatic carbocycles. The minimum atomic E-state index is -4.62. The number of nitrogens with zero attached hydrogens (tertiary/aromatic N) is 4. The van der Waals surface area contributed by atoms with Gasteiger partial charge in [0.15, 0.2) is 0 Å². The highest BCUT2D eigenvalue weighted by Crippen LogP contribution is 2.41. The van der Waals surface area contributed by atoms with Crippen molar-refractivity contribution >= 4 is 11.6 Å². The van der Waals surface area contributed by atoms with Crippen LogP contribution in [0.25, 0.3) is 11.3 Å². The van der Waals surface area contributed by atoms with E-state index in [1.165, 1.54) is 54.6 Å². The fraction of sp³-hybridized carbons (Fsp3) is 0.174. The molecule has 6 nitrogen and oxygen atoms in total. The van der Waals surface area contributed by atoms with Crippen LogP contribution in [0.5, 0.6) is 11.6 Å². The number of ether oxygens (including phenoxy) is 1. The molecule has 1 N–H and O–H groups in total. The van der Waals surface area contributed by atoms with E-state index in [2.05, 4.69) is 15.1 Å². The zero-order valence-electron chi connectivity index (χ0n) is 17.3. The number of rotatable bonds is 6. The van der Waals surface area contributed by atoms with Gasteiger partial charge in [0.25, 0.3) is 0 Å². The third-order valence-electron chi connectivity index (χ3n) is 4.91. The number of hydrogen-bond acceptors (Lipinski definition) is 5. The zero-order valence-corrected chi connectivity index (χ0v) is 18.0. The topological polar surface area (TPSA) is 73.1 Å². The van der Waals surface area contributed by atoms with Crippen LogP contribution in [0.3, 0.4) is 0 Å². The normalized spacial score (nSPS) is 13.5. The summed E-state index contributed by atoms with van der Waals surface area (Å²) in [5.74, 6) is 0.466. The van der Waals surface area contributed by atoms with Crippen molar-refractivity contribution in [2.45, 2.75) is 25.2 Å². The monoisotopic (exact) mass is 474 g/mol. The molecule has 33 heavy (non-hydrogen) atoms. The number of halogens is 4. The Morgan fingerprint density at radius 3 is 2.39 bits per heavy atom. The predicted molar refractivity (Wildman–Crippen MR) is 116 cm³/mol. The number of pyridine rings is 1. The summed E-state index contributed by atoms with van der Waals surface area (Å²) < 4.78 is 48.5. The number of benzene rings is 2. The number of aromatic nitrogens is 4. The quantitative estimate of drug-likeness (QED) is 0.387. The Balaban J connectivity index is 1.84. The molecule has 0 aliphatic rings. The predicted octanol–water partition coefficient (Wildman–Crippen LogP) is 5.71. The van der Waals surface area contributed by atoms with Gasteiger partial charge in [0.1, 0.15) is 24.0 Å². The molecule has 10 heteroatoms. The van der Waals surface area contributed by atoms with Crippen LogP contribution in [0.15, 0.2) is 73.3 Å². The fourth-order valence-electron chi connectivity index (χ4n) is 3.41. The van der Waals surface area contributed by atoms with Crippen LogP contribution < -0.4 is 4.74 Å². The molecular weight excluding hydrogens is 457 g/mol. The first-order chi connectivity index (χ1) is 15.6. The zero-order chi connectivity index (χ0) is 23.6. The van der Waals surface area contributed by atoms with E-state index in [1.54, 1.807) is 24.3 Å². The van der Waals surface area contributed by atoms with Crippen molar-refractivity contribution in [1.82, 2.24) is 19.7 Å².